The lowest BCUT2D eigenvalue weighted by Crippen LogP contribution is -2.24. The van der Waals surface area contributed by atoms with Gasteiger partial charge in [0.05, 0.1) is 0 Å². The first kappa shape index (κ1) is 14.5. The van der Waals surface area contributed by atoms with Gasteiger partial charge in [0.25, 0.3) is 6.43 Å². The molecule has 1 heterocycles. The number of hydrogen-bond donors (Lipinski definition) is 1. The molecular formula is C15H19F2N3. The molecule has 0 unspecified atom stereocenters. The van der Waals surface area contributed by atoms with E-state index in [4.69, 9.17) is 5.73 Å². The number of nitrogens with zero attached hydrogens (tertiary/aromatic N) is 2. The Morgan fingerprint density at radius 3 is 2.10 bits per heavy atom. The summed E-state index contributed by atoms with van der Waals surface area (Å²) < 4.78 is 27.1. The predicted octanol–water partition coefficient (Wildman–Crippen LogP) is 4.13. The van der Waals surface area contributed by atoms with Crippen LogP contribution < -0.4 is 5.73 Å². The minimum atomic E-state index is -2.46. The molecule has 0 amide bonds. The molecule has 108 valence electrons. The molecule has 0 saturated heterocycles. The summed E-state index contributed by atoms with van der Waals surface area (Å²) in [5.41, 5.74) is 7.38. The fourth-order valence-corrected chi connectivity index (χ4v) is 2.39. The van der Waals surface area contributed by atoms with Crippen LogP contribution in [0.15, 0.2) is 24.3 Å². The van der Waals surface area contributed by atoms with Crippen LogP contribution in [0.25, 0.3) is 11.3 Å². The molecule has 0 atom stereocenters. The Hall–Kier alpha value is -1.91. The van der Waals surface area contributed by atoms with Gasteiger partial charge in [0.2, 0.25) is 0 Å². The van der Waals surface area contributed by atoms with E-state index >= 15 is 0 Å². The van der Waals surface area contributed by atoms with E-state index in [1.165, 1.54) is 12.1 Å². The summed E-state index contributed by atoms with van der Waals surface area (Å²) in [4.78, 5) is 4.47. The van der Waals surface area contributed by atoms with E-state index in [1.807, 2.05) is 32.3 Å². The number of aryl methyl sites for hydroxylation is 1. The van der Waals surface area contributed by atoms with Gasteiger partial charge in [-0.05, 0) is 27.7 Å². The summed E-state index contributed by atoms with van der Waals surface area (Å²) in [6, 6.07) is 6.08. The van der Waals surface area contributed by atoms with Crippen molar-refractivity contribution >= 4 is 5.82 Å². The van der Waals surface area contributed by atoms with Crippen LogP contribution in [0.4, 0.5) is 14.6 Å². The number of rotatable bonds is 2. The first-order valence-electron chi connectivity index (χ1n) is 6.45. The van der Waals surface area contributed by atoms with E-state index in [-0.39, 0.29) is 11.1 Å². The third-order valence-corrected chi connectivity index (χ3v) is 3.19. The minimum Gasteiger partial charge on any atom is -0.383 e. The Morgan fingerprint density at radius 1 is 1.15 bits per heavy atom. The van der Waals surface area contributed by atoms with Crippen LogP contribution in [-0.4, -0.2) is 9.55 Å². The van der Waals surface area contributed by atoms with Gasteiger partial charge in [0.15, 0.2) is 0 Å². The normalized spacial score (nSPS) is 12.2. The molecule has 0 saturated carbocycles. The molecule has 3 nitrogen and oxygen atoms in total. The third-order valence-electron chi connectivity index (χ3n) is 3.19. The van der Waals surface area contributed by atoms with Crippen LogP contribution in [0.5, 0.6) is 0 Å². The van der Waals surface area contributed by atoms with Crippen LogP contribution >= 0.6 is 0 Å². The second kappa shape index (κ2) is 4.89. The largest absolute Gasteiger partial charge is 0.383 e. The monoisotopic (exact) mass is 279 g/mol. The molecule has 0 fully saturated rings. The molecule has 0 aliphatic heterocycles. The molecule has 0 aliphatic carbocycles. The van der Waals surface area contributed by atoms with E-state index in [0.29, 0.717) is 11.5 Å². The van der Waals surface area contributed by atoms with Crippen molar-refractivity contribution in [1.29, 1.82) is 0 Å². The van der Waals surface area contributed by atoms with Crippen LogP contribution in [-0.2, 0) is 5.54 Å². The minimum absolute atomic E-state index is 0.000651. The van der Waals surface area contributed by atoms with E-state index in [1.54, 1.807) is 12.1 Å². The molecule has 0 bridgehead atoms. The zero-order valence-corrected chi connectivity index (χ0v) is 12.1. The van der Waals surface area contributed by atoms with E-state index in [0.717, 1.165) is 11.4 Å². The first-order valence-corrected chi connectivity index (χ1v) is 6.45. The van der Waals surface area contributed by atoms with Crippen LogP contribution in [0.2, 0.25) is 0 Å². The lowest BCUT2D eigenvalue weighted by Gasteiger charge is -2.24. The second-order valence-electron chi connectivity index (χ2n) is 5.82. The summed E-state index contributed by atoms with van der Waals surface area (Å²) in [5, 5.41) is 0. The van der Waals surface area contributed by atoms with Crippen molar-refractivity contribution in [3.05, 3.63) is 35.7 Å². The molecular weight excluding hydrogens is 260 g/mol. The number of aromatic nitrogens is 2. The average Bonchev–Trinajstić information content (AvgIpc) is 2.64. The maximum Gasteiger partial charge on any atom is 0.263 e. The topological polar surface area (TPSA) is 43.8 Å². The number of imidazole rings is 1. The maximum atomic E-state index is 12.6. The number of halogens is 2. The van der Waals surface area contributed by atoms with E-state index in [9.17, 15) is 8.78 Å². The molecule has 1 aromatic carbocycles. The Kier molecular flexibility index (Phi) is 3.54. The number of nitrogen functional groups attached to an aromatic ring is 1. The first-order chi connectivity index (χ1) is 9.21. The Labute approximate surface area is 117 Å². The maximum absolute atomic E-state index is 12.6. The Balaban J connectivity index is 2.49. The summed E-state index contributed by atoms with van der Waals surface area (Å²) in [7, 11) is 0. The van der Waals surface area contributed by atoms with Crippen molar-refractivity contribution in [2.24, 2.45) is 0 Å². The summed E-state index contributed by atoms with van der Waals surface area (Å²) in [6.07, 6.45) is -2.46. The summed E-state index contributed by atoms with van der Waals surface area (Å²) in [5.74, 6) is 1.36. The van der Waals surface area contributed by atoms with Crippen molar-refractivity contribution in [2.45, 2.75) is 39.7 Å². The highest BCUT2D eigenvalue weighted by molar-refractivity contribution is 5.71. The Bertz CT molecular complexity index is 607. The highest BCUT2D eigenvalue weighted by Gasteiger charge is 2.22. The molecule has 0 radical (unpaired) electrons. The van der Waals surface area contributed by atoms with Crippen molar-refractivity contribution < 1.29 is 8.78 Å². The van der Waals surface area contributed by atoms with Gasteiger partial charge in [-0.1, -0.05) is 24.3 Å². The number of alkyl halides is 2. The fourth-order valence-electron chi connectivity index (χ4n) is 2.39. The molecule has 20 heavy (non-hydrogen) atoms. The molecule has 2 rings (SSSR count). The van der Waals surface area contributed by atoms with Gasteiger partial charge in [0, 0.05) is 16.7 Å². The van der Waals surface area contributed by atoms with Crippen molar-refractivity contribution in [3.63, 3.8) is 0 Å². The fraction of sp³-hybridized carbons (Fsp3) is 0.400. The van der Waals surface area contributed by atoms with Crippen LogP contribution in [0.1, 0.15) is 38.6 Å². The van der Waals surface area contributed by atoms with Gasteiger partial charge in [-0.3, -0.25) is 0 Å². The number of nitrogens with two attached hydrogens (primary N) is 1. The zero-order chi connectivity index (χ0) is 15.1. The molecule has 2 N–H and O–H groups in total. The highest BCUT2D eigenvalue weighted by atomic mass is 19.3. The summed E-state index contributed by atoms with van der Waals surface area (Å²) >= 11 is 0. The van der Waals surface area contributed by atoms with Gasteiger partial charge >= 0.3 is 0 Å². The molecule has 0 spiro atoms. The van der Waals surface area contributed by atoms with Crippen molar-refractivity contribution in [2.75, 3.05) is 5.73 Å². The number of anilines is 1. The van der Waals surface area contributed by atoms with Gasteiger partial charge in [-0.15, -0.1) is 0 Å². The number of benzene rings is 1. The van der Waals surface area contributed by atoms with E-state index in [2.05, 4.69) is 4.98 Å². The zero-order valence-electron chi connectivity index (χ0n) is 12.1. The average molecular weight is 279 g/mol. The van der Waals surface area contributed by atoms with E-state index < -0.39 is 6.43 Å². The SMILES string of the molecule is Cc1nc(-c2ccc(C(F)F)cc2)c(N)n1C(C)(C)C. The highest BCUT2D eigenvalue weighted by Crippen LogP contribution is 2.32. The van der Waals surface area contributed by atoms with Gasteiger partial charge < -0.3 is 10.3 Å². The molecule has 1 aromatic heterocycles. The molecule has 5 heteroatoms. The van der Waals surface area contributed by atoms with Gasteiger partial charge in [-0.25, -0.2) is 13.8 Å². The van der Waals surface area contributed by atoms with Crippen LogP contribution in [0, 0.1) is 6.92 Å². The standard InChI is InChI=1S/C15H19F2N3/c1-9-19-12(14(18)20(9)15(2,3)4)10-5-7-11(8-6-10)13(16)17/h5-8,13H,18H2,1-4H3. The second-order valence-corrected chi connectivity index (χ2v) is 5.82. The van der Waals surface area contributed by atoms with Crippen molar-refractivity contribution in [1.82, 2.24) is 9.55 Å². The predicted molar refractivity (Wildman–Crippen MR) is 76.8 cm³/mol. The third kappa shape index (κ3) is 2.53. The van der Waals surface area contributed by atoms with Gasteiger partial charge in [0.1, 0.15) is 17.3 Å². The van der Waals surface area contributed by atoms with Crippen molar-refractivity contribution in [3.8, 4) is 11.3 Å². The number of hydrogen-bond acceptors (Lipinski definition) is 2. The smallest absolute Gasteiger partial charge is 0.263 e. The lowest BCUT2D eigenvalue weighted by molar-refractivity contribution is 0.151. The molecule has 0 aliphatic rings. The van der Waals surface area contributed by atoms with Gasteiger partial charge in [-0.2, -0.15) is 0 Å². The lowest BCUT2D eigenvalue weighted by atomic mass is 10.1. The molecule has 2 aromatic rings. The quantitative estimate of drug-likeness (QED) is 0.898. The Morgan fingerprint density at radius 2 is 1.70 bits per heavy atom. The van der Waals surface area contributed by atoms with Crippen LogP contribution in [0.3, 0.4) is 0 Å². The summed E-state index contributed by atoms with van der Waals surface area (Å²) in [6.45, 7) is 8.02.